The van der Waals surface area contributed by atoms with E-state index >= 15 is 0 Å². The second kappa shape index (κ2) is 10.0. The number of para-hydroxylation sites is 1. The van der Waals surface area contributed by atoms with Gasteiger partial charge in [0.2, 0.25) is 0 Å². The quantitative estimate of drug-likeness (QED) is 0.236. The standard InChI is InChI=1S/C35H28N2/c1-36(30-21-19-28(20-22-30)27-11-4-2-5-12-27)31-23-25-33(26-24-31)37(32-15-6-3-7-16-32)35-18-10-14-29-13-8-9-17-34(29)35/h2-26H,1H3. The molecule has 6 rings (SSSR count). The lowest BCUT2D eigenvalue weighted by atomic mass is 10.1. The van der Waals surface area contributed by atoms with Crippen molar-refractivity contribution in [2.75, 3.05) is 16.8 Å². The highest BCUT2D eigenvalue weighted by Gasteiger charge is 2.15. The zero-order chi connectivity index (χ0) is 25.0. The molecule has 6 aromatic carbocycles. The van der Waals surface area contributed by atoms with Crippen molar-refractivity contribution in [3.63, 3.8) is 0 Å². The Hall–Kier alpha value is -4.82. The molecule has 2 heteroatoms. The van der Waals surface area contributed by atoms with E-state index in [1.807, 2.05) is 0 Å². The van der Waals surface area contributed by atoms with E-state index in [0.29, 0.717) is 0 Å². The number of benzene rings is 6. The van der Waals surface area contributed by atoms with Crippen molar-refractivity contribution in [3.8, 4) is 11.1 Å². The molecule has 0 heterocycles. The zero-order valence-corrected chi connectivity index (χ0v) is 20.8. The first-order chi connectivity index (χ1) is 18.3. The summed E-state index contributed by atoms with van der Waals surface area (Å²) in [6.45, 7) is 0. The van der Waals surface area contributed by atoms with Gasteiger partial charge in [-0.05, 0) is 71.1 Å². The molecule has 0 aromatic heterocycles. The Morgan fingerprint density at radius 2 is 0.865 bits per heavy atom. The summed E-state index contributed by atoms with van der Waals surface area (Å²) in [4.78, 5) is 4.56. The topological polar surface area (TPSA) is 6.48 Å². The fourth-order valence-electron chi connectivity index (χ4n) is 4.89. The van der Waals surface area contributed by atoms with Gasteiger partial charge in [-0.1, -0.05) is 97.1 Å². The van der Waals surface area contributed by atoms with Crippen LogP contribution in [-0.2, 0) is 0 Å². The molecule has 0 bridgehead atoms. The van der Waals surface area contributed by atoms with Gasteiger partial charge in [-0.2, -0.15) is 0 Å². The van der Waals surface area contributed by atoms with E-state index in [9.17, 15) is 0 Å². The second-order valence-electron chi connectivity index (χ2n) is 9.16. The molecule has 6 aromatic rings. The van der Waals surface area contributed by atoms with Gasteiger partial charge in [0.15, 0.2) is 0 Å². The van der Waals surface area contributed by atoms with Crippen LogP contribution < -0.4 is 9.80 Å². The SMILES string of the molecule is CN(c1ccc(-c2ccccc2)cc1)c1ccc(N(c2ccccc2)c2cccc3ccccc23)cc1. The Balaban J connectivity index is 1.33. The molecular weight excluding hydrogens is 448 g/mol. The van der Waals surface area contributed by atoms with Crippen molar-refractivity contribution in [2.24, 2.45) is 0 Å². The van der Waals surface area contributed by atoms with Gasteiger partial charge in [-0.25, -0.2) is 0 Å². The molecule has 0 unspecified atom stereocenters. The van der Waals surface area contributed by atoms with Crippen LogP contribution in [0.5, 0.6) is 0 Å². The first kappa shape index (κ1) is 22.6. The molecule has 0 saturated heterocycles. The number of anilines is 5. The zero-order valence-electron chi connectivity index (χ0n) is 20.8. The van der Waals surface area contributed by atoms with Crippen LogP contribution in [0.3, 0.4) is 0 Å². The summed E-state index contributed by atoms with van der Waals surface area (Å²) in [5.74, 6) is 0. The van der Waals surface area contributed by atoms with Crippen LogP contribution in [0, 0.1) is 0 Å². The molecule has 178 valence electrons. The minimum Gasteiger partial charge on any atom is -0.345 e. The highest BCUT2D eigenvalue weighted by atomic mass is 15.1. The van der Waals surface area contributed by atoms with E-state index in [1.54, 1.807) is 0 Å². The van der Waals surface area contributed by atoms with E-state index in [2.05, 4.69) is 169 Å². The van der Waals surface area contributed by atoms with E-state index in [-0.39, 0.29) is 0 Å². The number of hydrogen-bond acceptors (Lipinski definition) is 2. The maximum absolute atomic E-state index is 2.33. The fraction of sp³-hybridized carbons (Fsp3) is 0.0286. The van der Waals surface area contributed by atoms with Crippen molar-refractivity contribution in [3.05, 3.63) is 152 Å². The molecule has 37 heavy (non-hydrogen) atoms. The number of hydrogen-bond donors (Lipinski definition) is 0. The first-order valence-corrected chi connectivity index (χ1v) is 12.6. The Morgan fingerprint density at radius 1 is 0.378 bits per heavy atom. The van der Waals surface area contributed by atoms with Gasteiger partial charge in [0, 0.05) is 35.2 Å². The molecule has 0 aliphatic rings. The summed E-state index contributed by atoms with van der Waals surface area (Å²) in [7, 11) is 2.12. The molecule has 0 aliphatic heterocycles. The number of nitrogens with zero attached hydrogens (tertiary/aromatic N) is 2. The molecule has 0 N–H and O–H groups in total. The lowest BCUT2D eigenvalue weighted by molar-refractivity contribution is 1.20. The third-order valence-electron chi connectivity index (χ3n) is 6.88. The monoisotopic (exact) mass is 476 g/mol. The summed E-state index contributed by atoms with van der Waals surface area (Å²) in [5, 5.41) is 2.46. The number of fused-ring (bicyclic) bond motifs is 1. The molecule has 0 saturated carbocycles. The van der Waals surface area contributed by atoms with E-state index in [0.717, 1.165) is 22.7 Å². The van der Waals surface area contributed by atoms with Crippen LogP contribution in [-0.4, -0.2) is 7.05 Å². The van der Waals surface area contributed by atoms with E-state index in [1.165, 1.54) is 27.6 Å². The van der Waals surface area contributed by atoms with Crippen LogP contribution >= 0.6 is 0 Å². The maximum Gasteiger partial charge on any atom is 0.0540 e. The fourth-order valence-corrected chi connectivity index (χ4v) is 4.89. The predicted molar refractivity (Wildman–Crippen MR) is 159 cm³/mol. The van der Waals surface area contributed by atoms with Crippen LogP contribution in [0.15, 0.2) is 152 Å². The normalized spacial score (nSPS) is 10.8. The van der Waals surface area contributed by atoms with Crippen LogP contribution in [0.2, 0.25) is 0 Å². The van der Waals surface area contributed by atoms with Crippen molar-refractivity contribution < 1.29 is 0 Å². The molecule has 0 radical (unpaired) electrons. The minimum atomic E-state index is 1.12. The molecular formula is C35H28N2. The first-order valence-electron chi connectivity index (χ1n) is 12.6. The van der Waals surface area contributed by atoms with Gasteiger partial charge >= 0.3 is 0 Å². The molecule has 0 fully saturated rings. The Kier molecular flexibility index (Phi) is 6.14. The molecule has 2 nitrogen and oxygen atoms in total. The largest absolute Gasteiger partial charge is 0.345 e. The predicted octanol–water partition coefficient (Wildman–Crippen LogP) is 9.74. The van der Waals surface area contributed by atoms with Crippen LogP contribution in [0.4, 0.5) is 28.4 Å². The average Bonchev–Trinajstić information content (AvgIpc) is 2.98. The summed E-state index contributed by atoms with van der Waals surface area (Å²) in [6, 6.07) is 53.7. The summed E-state index contributed by atoms with van der Waals surface area (Å²) < 4.78 is 0. The Bertz CT molecular complexity index is 1600. The highest BCUT2D eigenvalue weighted by molar-refractivity contribution is 5.98. The molecule has 0 atom stereocenters. The molecule has 0 spiro atoms. The summed E-state index contributed by atoms with van der Waals surface area (Å²) in [5.41, 5.74) is 8.18. The third kappa shape index (κ3) is 4.57. The Labute approximate surface area is 218 Å². The van der Waals surface area contributed by atoms with Gasteiger partial charge in [0.05, 0.1) is 5.69 Å². The van der Waals surface area contributed by atoms with Crippen molar-refractivity contribution in [1.29, 1.82) is 0 Å². The molecule has 0 aliphatic carbocycles. The van der Waals surface area contributed by atoms with Gasteiger partial charge in [0.25, 0.3) is 0 Å². The number of rotatable bonds is 6. The highest BCUT2D eigenvalue weighted by Crippen LogP contribution is 2.39. The van der Waals surface area contributed by atoms with Gasteiger partial charge < -0.3 is 9.80 Å². The minimum absolute atomic E-state index is 1.12. The van der Waals surface area contributed by atoms with Crippen molar-refractivity contribution in [1.82, 2.24) is 0 Å². The summed E-state index contributed by atoms with van der Waals surface area (Å²) >= 11 is 0. The Morgan fingerprint density at radius 3 is 1.57 bits per heavy atom. The van der Waals surface area contributed by atoms with Gasteiger partial charge in [-0.15, -0.1) is 0 Å². The maximum atomic E-state index is 2.33. The lowest BCUT2D eigenvalue weighted by Gasteiger charge is -2.28. The smallest absolute Gasteiger partial charge is 0.0540 e. The second-order valence-corrected chi connectivity index (χ2v) is 9.16. The summed E-state index contributed by atoms with van der Waals surface area (Å²) in [6.07, 6.45) is 0. The lowest BCUT2D eigenvalue weighted by Crippen LogP contribution is -2.12. The van der Waals surface area contributed by atoms with Crippen LogP contribution in [0.1, 0.15) is 0 Å². The van der Waals surface area contributed by atoms with E-state index in [4.69, 9.17) is 0 Å². The van der Waals surface area contributed by atoms with Gasteiger partial charge in [-0.3, -0.25) is 0 Å². The van der Waals surface area contributed by atoms with Crippen molar-refractivity contribution >= 4 is 39.2 Å². The van der Waals surface area contributed by atoms with Gasteiger partial charge in [0.1, 0.15) is 0 Å². The van der Waals surface area contributed by atoms with Crippen LogP contribution in [0.25, 0.3) is 21.9 Å². The third-order valence-corrected chi connectivity index (χ3v) is 6.88. The average molecular weight is 477 g/mol. The van der Waals surface area contributed by atoms with Crippen molar-refractivity contribution in [2.45, 2.75) is 0 Å². The van der Waals surface area contributed by atoms with E-state index < -0.39 is 0 Å². The molecule has 0 amide bonds.